The number of rotatable bonds is 4. The fourth-order valence-electron chi connectivity index (χ4n) is 1.49. The molecule has 0 atom stereocenters. The molecule has 0 saturated carbocycles. The molecule has 0 aromatic carbocycles. The number of nitrogens with zero attached hydrogens (tertiary/aromatic N) is 5. The molecule has 0 saturated heterocycles. The summed E-state index contributed by atoms with van der Waals surface area (Å²) < 4.78 is 13.0. The van der Waals surface area contributed by atoms with Gasteiger partial charge >= 0.3 is 0 Å². The van der Waals surface area contributed by atoms with Crippen molar-refractivity contribution in [2.24, 2.45) is 5.73 Å². The lowest BCUT2D eigenvalue weighted by atomic mass is 10.4. The Hall–Kier alpha value is -2.00. The molecule has 98 valence electrons. The monoisotopic (exact) mass is 324 g/mol. The van der Waals surface area contributed by atoms with Gasteiger partial charge in [0.2, 0.25) is 5.89 Å². The summed E-state index contributed by atoms with van der Waals surface area (Å²) in [6.07, 6.45) is 1.73. The maximum atomic E-state index is 5.47. The molecule has 0 radical (unpaired) electrons. The first kappa shape index (κ1) is 12.1. The predicted molar refractivity (Wildman–Crippen MR) is 66.7 cm³/mol. The van der Waals surface area contributed by atoms with Crippen molar-refractivity contribution in [2.45, 2.75) is 13.1 Å². The molecule has 0 unspecified atom stereocenters. The zero-order valence-electron chi connectivity index (χ0n) is 9.65. The van der Waals surface area contributed by atoms with Crippen LogP contribution in [-0.2, 0) is 13.1 Å². The van der Waals surface area contributed by atoms with E-state index in [9.17, 15) is 0 Å². The zero-order valence-corrected chi connectivity index (χ0v) is 11.2. The minimum atomic E-state index is 0.319. The van der Waals surface area contributed by atoms with Crippen molar-refractivity contribution in [3.63, 3.8) is 0 Å². The van der Waals surface area contributed by atoms with Crippen molar-refractivity contribution in [3.8, 4) is 11.7 Å². The smallest absolute Gasteiger partial charge is 0.283 e. The second-order valence-electron chi connectivity index (χ2n) is 3.72. The van der Waals surface area contributed by atoms with Gasteiger partial charge in [-0.3, -0.25) is 0 Å². The number of nitrogens with two attached hydrogens (primary N) is 1. The third-order valence-electron chi connectivity index (χ3n) is 2.34. The molecular weight excluding hydrogens is 316 g/mol. The summed E-state index contributed by atoms with van der Waals surface area (Å²) in [6, 6.07) is 3.49. The largest absolute Gasteiger partial charge is 0.444 e. The van der Waals surface area contributed by atoms with Crippen LogP contribution in [0.15, 0.2) is 31.8 Å². The Morgan fingerprint density at radius 1 is 1.21 bits per heavy atom. The van der Waals surface area contributed by atoms with Crippen molar-refractivity contribution in [2.75, 3.05) is 0 Å². The van der Waals surface area contributed by atoms with Crippen LogP contribution in [0.4, 0.5) is 0 Å². The highest BCUT2D eigenvalue weighted by Gasteiger charge is 2.13. The molecule has 3 aromatic heterocycles. The molecular formula is C10H9BrN6O2. The van der Waals surface area contributed by atoms with Crippen LogP contribution in [0.5, 0.6) is 0 Å². The first-order valence-electron chi connectivity index (χ1n) is 5.42. The van der Waals surface area contributed by atoms with Crippen LogP contribution in [0, 0.1) is 0 Å². The van der Waals surface area contributed by atoms with Gasteiger partial charge in [-0.05, 0) is 28.1 Å². The highest BCUT2D eigenvalue weighted by molar-refractivity contribution is 9.10. The van der Waals surface area contributed by atoms with Gasteiger partial charge in [-0.25, -0.2) is 4.68 Å². The van der Waals surface area contributed by atoms with Gasteiger partial charge in [0, 0.05) is 6.54 Å². The van der Waals surface area contributed by atoms with E-state index >= 15 is 0 Å². The third-order valence-corrected chi connectivity index (χ3v) is 2.77. The fraction of sp³-hybridized carbons (Fsp3) is 0.200. The van der Waals surface area contributed by atoms with E-state index in [-0.39, 0.29) is 0 Å². The van der Waals surface area contributed by atoms with Gasteiger partial charge in [0.25, 0.3) is 5.89 Å². The van der Waals surface area contributed by atoms with Crippen molar-refractivity contribution in [3.05, 3.63) is 34.6 Å². The van der Waals surface area contributed by atoms with Crippen LogP contribution < -0.4 is 5.73 Å². The average Bonchev–Trinajstić information content (AvgIpc) is 3.10. The van der Waals surface area contributed by atoms with E-state index in [1.54, 1.807) is 23.0 Å². The van der Waals surface area contributed by atoms with Gasteiger partial charge in [0.05, 0.1) is 11.9 Å². The molecule has 0 bridgehead atoms. The summed E-state index contributed by atoms with van der Waals surface area (Å²) in [5.74, 6) is 1.24. The number of aromatic nitrogens is 5. The van der Waals surface area contributed by atoms with Crippen LogP contribution in [0.2, 0.25) is 0 Å². The number of halogens is 1. The molecule has 3 rings (SSSR count). The van der Waals surface area contributed by atoms with Gasteiger partial charge in [-0.15, -0.1) is 15.3 Å². The van der Waals surface area contributed by atoms with Crippen LogP contribution in [-0.4, -0.2) is 25.2 Å². The van der Waals surface area contributed by atoms with Crippen molar-refractivity contribution >= 4 is 15.9 Å². The second kappa shape index (κ2) is 4.94. The van der Waals surface area contributed by atoms with E-state index in [1.165, 1.54) is 0 Å². The quantitative estimate of drug-likeness (QED) is 0.767. The Kier molecular flexibility index (Phi) is 3.13. The van der Waals surface area contributed by atoms with Crippen LogP contribution in [0.3, 0.4) is 0 Å². The van der Waals surface area contributed by atoms with Gasteiger partial charge in [-0.1, -0.05) is 5.21 Å². The molecule has 8 nitrogen and oxygen atoms in total. The highest BCUT2D eigenvalue weighted by Crippen LogP contribution is 2.23. The SMILES string of the molecule is NCc1cn(Cc2nnc(-c3ccc(Br)o3)o2)nn1. The van der Waals surface area contributed by atoms with E-state index in [0.29, 0.717) is 41.0 Å². The molecule has 0 spiro atoms. The van der Waals surface area contributed by atoms with Gasteiger partial charge < -0.3 is 14.6 Å². The Morgan fingerprint density at radius 3 is 2.79 bits per heavy atom. The topological polar surface area (TPSA) is 109 Å². The van der Waals surface area contributed by atoms with Crippen molar-refractivity contribution in [1.29, 1.82) is 0 Å². The lowest BCUT2D eigenvalue weighted by Crippen LogP contribution is -2.00. The molecule has 9 heteroatoms. The summed E-state index contributed by atoms with van der Waals surface area (Å²) in [6.45, 7) is 0.678. The second-order valence-corrected chi connectivity index (χ2v) is 4.50. The maximum Gasteiger partial charge on any atom is 0.283 e. The standard InChI is InChI=1S/C10H9BrN6O2/c11-8-2-1-7(18-8)10-15-14-9(19-10)5-17-4-6(3-12)13-16-17/h1-2,4H,3,5,12H2. The first-order chi connectivity index (χ1) is 9.24. The van der Waals surface area contributed by atoms with Crippen LogP contribution >= 0.6 is 15.9 Å². The van der Waals surface area contributed by atoms with E-state index in [1.807, 2.05) is 0 Å². The predicted octanol–water partition coefficient (Wildman–Crippen LogP) is 1.19. The minimum absolute atomic E-state index is 0.319. The molecule has 0 aliphatic carbocycles. The van der Waals surface area contributed by atoms with Crippen LogP contribution in [0.25, 0.3) is 11.7 Å². The van der Waals surface area contributed by atoms with E-state index < -0.39 is 0 Å². The summed E-state index contributed by atoms with van der Waals surface area (Å²) >= 11 is 3.21. The highest BCUT2D eigenvalue weighted by atomic mass is 79.9. The van der Waals surface area contributed by atoms with Gasteiger partial charge in [0.1, 0.15) is 6.54 Å². The summed E-state index contributed by atoms with van der Waals surface area (Å²) in [4.78, 5) is 0. The van der Waals surface area contributed by atoms with E-state index in [0.717, 1.165) is 0 Å². The van der Waals surface area contributed by atoms with E-state index in [2.05, 4.69) is 36.4 Å². The Labute approximate surface area is 115 Å². The van der Waals surface area contributed by atoms with Gasteiger partial charge in [0.15, 0.2) is 10.4 Å². The Balaban J connectivity index is 1.78. The zero-order chi connectivity index (χ0) is 13.2. The molecule has 3 aromatic rings. The summed E-state index contributed by atoms with van der Waals surface area (Å²) in [5, 5.41) is 15.6. The lowest BCUT2D eigenvalue weighted by molar-refractivity contribution is 0.451. The van der Waals surface area contributed by atoms with Crippen molar-refractivity contribution < 1.29 is 8.83 Å². The molecule has 0 aliphatic heterocycles. The fourth-order valence-corrected chi connectivity index (χ4v) is 1.80. The van der Waals surface area contributed by atoms with E-state index in [4.69, 9.17) is 14.6 Å². The van der Waals surface area contributed by atoms with Crippen LogP contribution in [0.1, 0.15) is 11.6 Å². The lowest BCUT2D eigenvalue weighted by Gasteiger charge is -1.92. The average molecular weight is 325 g/mol. The molecule has 0 fully saturated rings. The molecule has 19 heavy (non-hydrogen) atoms. The number of hydrogen-bond donors (Lipinski definition) is 1. The molecule has 0 amide bonds. The Bertz CT molecular complexity index is 688. The third kappa shape index (κ3) is 2.56. The minimum Gasteiger partial charge on any atom is -0.444 e. The molecule has 2 N–H and O–H groups in total. The summed E-state index contributed by atoms with van der Waals surface area (Å²) in [7, 11) is 0. The van der Waals surface area contributed by atoms with Crippen molar-refractivity contribution in [1.82, 2.24) is 25.2 Å². The molecule has 0 aliphatic rings. The first-order valence-corrected chi connectivity index (χ1v) is 6.21. The number of hydrogen-bond acceptors (Lipinski definition) is 7. The molecule has 3 heterocycles. The maximum absolute atomic E-state index is 5.47. The summed E-state index contributed by atoms with van der Waals surface area (Å²) in [5.41, 5.74) is 6.16. The Morgan fingerprint density at radius 2 is 2.11 bits per heavy atom. The number of furan rings is 1. The normalized spacial score (nSPS) is 11.1. The van der Waals surface area contributed by atoms with Gasteiger partial charge in [-0.2, -0.15) is 0 Å².